The lowest BCUT2D eigenvalue weighted by Gasteiger charge is -2.32. The number of amides is 1. The number of carboxylic acids is 1. The van der Waals surface area contributed by atoms with Crippen molar-refractivity contribution in [3.05, 3.63) is 18.2 Å². The number of imidazole rings is 1. The van der Waals surface area contributed by atoms with E-state index in [2.05, 4.69) is 4.98 Å². The Morgan fingerprint density at radius 3 is 2.75 bits per heavy atom. The van der Waals surface area contributed by atoms with Crippen molar-refractivity contribution in [2.45, 2.75) is 44.2 Å². The number of aliphatic carboxylic acids is 1. The number of fused-ring (bicyclic) bond motifs is 1. The molecule has 0 unspecified atom stereocenters. The summed E-state index contributed by atoms with van der Waals surface area (Å²) in [5.41, 5.74) is 0.338. The van der Waals surface area contributed by atoms with Gasteiger partial charge in [0.2, 0.25) is 0 Å². The first kappa shape index (κ1) is 13.1. The molecule has 6 nitrogen and oxygen atoms in total. The minimum Gasteiger partial charge on any atom is -0.480 e. The van der Waals surface area contributed by atoms with E-state index in [0.29, 0.717) is 18.0 Å². The fraction of sp³-hybridized carbons (Fsp3) is 0.643. The molecule has 0 spiro atoms. The highest BCUT2D eigenvalue weighted by molar-refractivity contribution is 5.95. The van der Waals surface area contributed by atoms with Crippen molar-refractivity contribution in [2.24, 2.45) is 13.0 Å². The molecule has 3 atom stereocenters. The fourth-order valence-electron chi connectivity index (χ4n) is 3.63. The van der Waals surface area contributed by atoms with E-state index >= 15 is 0 Å². The lowest BCUT2D eigenvalue weighted by molar-refractivity contribution is -0.141. The van der Waals surface area contributed by atoms with Crippen LogP contribution in [-0.2, 0) is 11.8 Å². The second kappa shape index (κ2) is 4.92. The molecule has 108 valence electrons. The standard InChI is InChI=1S/C14H19N3O3/c1-16-7-10(15-8-16)13(18)17-11-5-3-2-4-9(11)6-12(17)14(19)20/h7-9,11-12H,2-6H2,1H3,(H,19,20)/t9-,11+,12-/m0/s1. The number of hydrogen-bond donors (Lipinski definition) is 1. The van der Waals surface area contributed by atoms with Gasteiger partial charge in [-0.15, -0.1) is 0 Å². The van der Waals surface area contributed by atoms with Crippen molar-refractivity contribution < 1.29 is 14.7 Å². The Balaban J connectivity index is 1.90. The molecule has 1 amide bonds. The first-order valence-corrected chi connectivity index (χ1v) is 7.11. The van der Waals surface area contributed by atoms with Crippen LogP contribution in [0.3, 0.4) is 0 Å². The Morgan fingerprint density at radius 1 is 1.35 bits per heavy atom. The van der Waals surface area contributed by atoms with Gasteiger partial charge in [-0.25, -0.2) is 9.78 Å². The largest absolute Gasteiger partial charge is 0.480 e. The maximum atomic E-state index is 12.6. The van der Waals surface area contributed by atoms with Gasteiger partial charge in [0.05, 0.1) is 6.33 Å². The van der Waals surface area contributed by atoms with Gasteiger partial charge >= 0.3 is 5.97 Å². The first-order valence-electron chi connectivity index (χ1n) is 7.11. The molecule has 1 aliphatic heterocycles. The zero-order chi connectivity index (χ0) is 14.3. The van der Waals surface area contributed by atoms with Gasteiger partial charge in [-0.3, -0.25) is 4.79 Å². The summed E-state index contributed by atoms with van der Waals surface area (Å²) in [4.78, 5) is 29.7. The van der Waals surface area contributed by atoms with Crippen LogP contribution in [0.4, 0.5) is 0 Å². The summed E-state index contributed by atoms with van der Waals surface area (Å²) in [6.45, 7) is 0. The number of aromatic nitrogens is 2. The SMILES string of the molecule is Cn1cnc(C(=O)N2[C@@H]3CCCC[C@H]3C[C@H]2C(=O)O)c1. The molecule has 1 saturated carbocycles. The Morgan fingerprint density at radius 2 is 2.10 bits per heavy atom. The van der Waals surface area contributed by atoms with Crippen molar-refractivity contribution in [3.63, 3.8) is 0 Å². The van der Waals surface area contributed by atoms with Crippen molar-refractivity contribution in [1.82, 2.24) is 14.5 Å². The number of nitrogens with zero attached hydrogens (tertiary/aromatic N) is 3. The molecule has 1 aromatic heterocycles. The minimum atomic E-state index is -0.899. The van der Waals surface area contributed by atoms with Crippen LogP contribution in [0.25, 0.3) is 0 Å². The number of hydrogen-bond acceptors (Lipinski definition) is 3. The molecule has 1 aliphatic carbocycles. The van der Waals surface area contributed by atoms with Gasteiger partial charge in [-0.1, -0.05) is 12.8 Å². The van der Waals surface area contributed by atoms with Crippen LogP contribution < -0.4 is 0 Å². The predicted molar refractivity (Wildman–Crippen MR) is 71.2 cm³/mol. The van der Waals surface area contributed by atoms with Gasteiger partial charge < -0.3 is 14.6 Å². The van der Waals surface area contributed by atoms with Crippen molar-refractivity contribution >= 4 is 11.9 Å². The highest BCUT2D eigenvalue weighted by atomic mass is 16.4. The molecule has 0 bridgehead atoms. The molecule has 1 saturated heterocycles. The minimum absolute atomic E-state index is 0.0688. The quantitative estimate of drug-likeness (QED) is 0.883. The van der Waals surface area contributed by atoms with E-state index in [9.17, 15) is 14.7 Å². The molecule has 2 heterocycles. The third-order valence-electron chi connectivity index (χ3n) is 4.53. The molecule has 2 fully saturated rings. The highest BCUT2D eigenvalue weighted by Crippen LogP contribution is 2.40. The van der Waals surface area contributed by atoms with E-state index in [1.54, 1.807) is 29.0 Å². The Kier molecular flexibility index (Phi) is 3.23. The predicted octanol–water partition coefficient (Wildman–Crippen LogP) is 1.28. The van der Waals surface area contributed by atoms with E-state index in [1.807, 2.05) is 0 Å². The van der Waals surface area contributed by atoms with E-state index in [-0.39, 0.29) is 11.9 Å². The van der Waals surface area contributed by atoms with Crippen LogP contribution in [0.2, 0.25) is 0 Å². The molecule has 2 aliphatic rings. The van der Waals surface area contributed by atoms with Crippen LogP contribution in [0.15, 0.2) is 12.5 Å². The van der Waals surface area contributed by atoms with Gasteiger partial charge in [0.15, 0.2) is 0 Å². The lowest BCUT2D eigenvalue weighted by atomic mass is 9.84. The third kappa shape index (κ3) is 2.09. The van der Waals surface area contributed by atoms with Crippen LogP contribution in [0.1, 0.15) is 42.6 Å². The van der Waals surface area contributed by atoms with Crippen LogP contribution >= 0.6 is 0 Å². The summed E-state index contributed by atoms with van der Waals surface area (Å²) in [5, 5.41) is 9.41. The summed E-state index contributed by atoms with van der Waals surface area (Å²) >= 11 is 0. The smallest absolute Gasteiger partial charge is 0.326 e. The molecule has 0 aromatic carbocycles. The van der Waals surface area contributed by atoms with Gasteiger partial charge in [0.25, 0.3) is 5.91 Å². The van der Waals surface area contributed by atoms with Gasteiger partial charge in [-0.05, 0) is 25.2 Å². The zero-order valence-electron chi connectivity index (χ0n) is 11.5. The first-order chi connectivity index (χ1) is 9.58. The molecular formula is C14H19N3O3. The average Bonchev–Trinajstić information content (AvgIpc) is 3.01. The summed E-state index contributed by atoms with van der Waals surface area (Å²) < 4.78 is 1.71. The molecule has 1 aromatic rings. The van der Waals surface area contributed by atoms with Gasteiger partial charge in [0.1, 0.15) is 11.7 Å². The topological polar surface area (TPSA) is 75.4 Å². The summed E-state index contributed by atoms with van der Waals surface area (Å²) in [7, 11) is 1.80. The van der Waals surface area contributed by atoms with Gasteiger partial charge in [-0.2, -0.15) is 0 Å². The van der Waals surface area contributed by atoms with E-state index < -0.39 is 12.0 Å². The summed E-state index contributed by atoms with van der Waals surface area (Å²) in [5.74, 6) is -0.811. The Bertz CT molecular complexity index is 540. The average molecular weight is 277 g/mol. The van der Waals surface area contributed by atoms with E-state index in [4.69, 9.17) is 0 Å². The summed E-state index contributed by atoms with van der Waals surface area (Å²) in [6, 6.07) is -0.628. The van der Waals surface area contributed by atoms with Crippen LogP contribution in [0.5, 0.6) is 0 Å². The normalized spacial score (nSPS) is 29.2. The lowest BCUT2D eigenvalue weighted by Crippen LogP contribution is -2.46. The molecule has 1 N–H and O–H groups in total. The number of carbonyl (C=O) groups is 2. The molecule has 6 heteroatoms. The third-order valence-corrected chi connectivity index (χ3v) is 4.53. The van der Waals surface area contributed by atoms with E-state index in [0.717, 1.165) is 25.7 Å². The number of carboxylic acid groups (broad SMARTS) is 1. The second-order valence-corrected chi connectivity index (χ2v) is 5.84. The monoisotopic (exact) mass is 277 g/mol. The number of carbonyl (C=O) groups excluding carboxylic acids is 1. The van der Waals surface area contributed by atoms with E-state index in [1.165, 1.54) is 0 Å². The van der Waals surface area contributed by atoms with Crippen molar-refractivity contribution in [1.29, 1.82) is 0 Å². The maximum Gasteiger partial charge on any atom is 0.326 e. The van der Waals surface area contributed by atoms with Crippen LogP contribution in [-0.4, -0.2) is 43.5 Å². The molecule has 0 radical (unpaired) electrons. The summed E-state index contributed by atoms with van der Waals surface area (Å²) in [6.07, 6.45) is 7.94. The van der Waals surface area contributed by atoms with Crippen molar-refractivity contribution in [2.75, 3.05) is 0 Å². The molecule has 20 heavy (non-hydrogen) atoms. The maximum absolute atomic E-state index is 12.6. The van der Waals surface area contributed by atoms with Crippen LogP contribution in [0, 0.1) is 5.92 Å². The number of rotatable bonds is 2. The number of aryl methyl sites for hydroxylation is 1. The van der Waals surface area contributed by atoms with Crippen molar-refractivity contribution in [3.8, 4) is 0 Å². The number of likely N-dealkylation sites (tertiary alicyclic amines) is 1. The zero-order valence-corrected chi connectivity index (χ0v) is 11.5. The Labute approximate surface area is 117 Å². The second-order valence-electron chi connectivity index (χ2n) is 5.84. The Hall–Kier alpha value is -1.85. The molecular weight excluding hydrogens is 258 g/mol. The highest BCUT2D eigenvalue weighted by Gasteiger charge is 2.48. The van der Waals surface area contributed by atoms with Gasteiger partial charge in [0, 0.05) is 19.3 Å². The molecule has 3 rings (SSSR count). The fourth-order valence-corrected chi connectivity index (χ4v) is 3.63.